The van der Waals surface area contributed by atoms with E-state index in [-0.39, 0.29) is 16.9 Å². The summed E-state index contributed by atoms with van der Waals surface area (Å²) in [4.78, 5) is -1.78. The first-order chi connectivity index (χ1) is 10.9. The summed E-state index contributed by atoms with van der Waals surface area (Å²) in [5.41, 5.74) is -1.24. The first kappa shape index (κ1) is 16.9. The van der Waals surface area contributed by atoms with Crippen LogP contribution in [-0.4, -0.2) is 16.8 Å². The van der Waals surface area contributed by atoms with E-state index >= 15 is 0 Å². The van der Waals surface area contributed by atoms with Crippen molar-refractivity contribution in [3.8, 4) is 0 Å². The Hall–Kier alpha value is -1.91. The second-order valence-electron chi connectivity index (χ2n) is 5.29. The summed E-state index contributed by atoms with van der Waals surface area (Å²) in [5, 5.41) is 4.85. The third kappa shape index (κ3) is 2.60. The van der Waals surface area contributed by atoms with E-state index in [1.54, 1.807) is 6.07 Å². The average molecular weight is 377 g/mol. The minimum Gasteiger partial charge on any atom is -0.225 e. The molecule has 0 aromatic heterocycles. The quantitative estimate of drug-likeness (QED) is 0.703. The molecule has 0 spiro atoms. The molecule has 0 amide bonds. The fraction of sp³-hybridized carbons (Fsp3) is 0.143. The molecule has 1 heterocycles. The highest BCUT2D eigenvalue weighted by Gasteiger charge is 2.40. The molecule has 5 nitrogen and oxygen atoms in total. The van der Waals surface area contributed by atoms with Crippen molar-refractivity contribution >= 4 is 19.9 Å². The number of halogens is 3. The normalized spacial score (nSPS) is 16.3. The molecule has 1 aliphatic heterocycles. The van der Waals surface area contributed by atoms with E-state index in [0.717, 1.165) is 0 Å². The summed E-state index contributed by atoms with van der Waals surface area (Å²) in [6, 6.07) is 6.91. The number of rotatable bonds is 1. The van der Waals surface area contributed by atoms with E-state index in [9.17, 15) is 30.0 Å². The maximum atomic E-state index is 13.2. The second-order valence-corrected chi connectivity index (χ2v) is 8.70. The molecule has 3 rings (SSSR count). The average Bonchev–Trinajstić information content (AvgIpc) is 2.44. The van der Waals surface area contributed by atoms with Crippen LogP contribution in [0.3, 0.4) is 0 Å². The van der Waals surface area contributed by atoms with Gasteiger partial charge in [0.15, 0.2) is 0 Å². The standard InChI is InChI=1S/C14H10F3NO4S2/c15-14(16,17)10-6-9-5-8-3-1-2-4-11(8)23(19,20)12(9)7-13(10)24(18,21)22/h1-4,6-7H,5H2,(H2,18,21,22). The van der Waals surface area contributed by atoms with Crippen molar-refractivity contribution in [2.24, 2.45) is 5.14 Å². The van der Waals surface area contributed by atoms with Crippen LogP contribution in [0.1, 0.15) is 16.7 Å². The highest BCUT2D eigenvalue weighted by molar-refractivity contribution is 7.92. The van der Waals surface area contributed by atoms with Crippen LogP contribution in [0.15, 0.2) is 51.1 Å². The lowest BCUT2D eigenvalue weighted by Gasteiger charge is -2.22. The summed E-state index contributed by atoms with van der Waals surface area (Å²) in [6.07, 6.45) is -5.05. The van der Waals surface area contributed by atoms with Crippen molar-refractivity contribution in [2.75, 3.05) is 0 Å². The topological polar surface area (TPSA) is 94.3 Å². The van der Waals surface area contributed by atoms with E-state index in [1.807, 2.05) is 0 Å². The van der Waals surface area contributed by atoms with Gasteiger partial charge in [-0.3, -0.25) is 0 Å². The number of hydrogen-bond acceptors (Lipinski definition) is 4. The van der Waals surface area contributed by atoms with Crippen LogP contribution in [-0.2, 0) is 32.5 Å². The zero-order valence-corrected chi connectivity index (χ0v) is 13.5. The second kappa shape index (κ2) is 5.04. The van der Waals surface area contributed by atoms with E-state index in [4.69, 9.17) is 5.14 Å². The van der Waals surface area contributed by atoms with Crippen LogP contribution in [0.25, 0.3) is 0 Å². The van der Waals surface area contributed by atoms with Gasteiger partial charge in [-0.25, -0.2) is 22.0 Å². The fourth-order valence-electron chi connectivity index (χ4n) is 2.69. The third-order valence-corrected chi connectivity index (χ3v) is 6.59. The van der Waals surface area contributed by atoms with Gasteiger partial charge in [-0.15, -0.1) is 0 Å². The van der Waals surface area contributed by atoms with Crippen molar-refractivity contribution in [3.05, 3.63) is 53.1 Å². The molecule has 2 aromatic rings. The number of primary sulfonamides is 1. The van der Waals surface area contributed by atoms with Crippen LogP contribution < -0.4 is 5.14 Å². The molecule has 2 aromatic carbocycles. The van der Waals surface area contributed by atoms with Gasteiger partial charge in [-0.05, 0) is 29.3 Å². The zero-order chi connectivity index (χ0) is 17.9. The number of sulfonamides is 1. The lowest BCUT2D eigenvalue weighted by Crippen LogP contribution is -2.22. The van der Waals surface area contributed by atoms with Crippen LogP contribution in [0, 0.1) is 0 Å². The van der Waals surface area contributed by atoms with Gasteiger partial charge >= 0.3 is 6.18 Å². The van der Waals surface area contributed by atoms with E-state index in [1.165, 1.54) is 18.2 Å². The summed E-state index contributed by atoms with van der Waals surface area (Å²) in [6.45, 7) is 0. The number of nitrogens with two attached hydrogens (primary N) is 1. The SMILES string of the molecule is NS(=O)(=O)c1cc2c(cc1C(F)(F)F)Cc1ccccc1S2(=O)=O. The van der Waals surface area contributed by atoms with E-state index in [2.05, 4.69) is 0 Å². The van der Waals surface area contributed by atoms with Crippen molar-refractivity contribution in [1.29, 1.82) is 0 Å². The molecule has 0 aliphatic carbocycles. The molecule has 24 heavy (non-hydrogen) atoms. The molecule has 2 N–H and O–H groups in total. The molecule has 0 atom stereocenters. The Balaban J connectivity index is 2.40. The van der Waals surface area contributed by atoms with Crippen molar-refractivity contribution < 1.29 is 30.0 Å². The Kier molecular flexibility index (Phi) is 3.56. The van der Waals surface area contributed by atoms with Crippen molar-refractivity contribution in [2.45, 2.75) is 27.3 Å². The van der Waals surface area contributed by atoms with Crippen LogP contribution in [0.5, 0.6) is 0 Å². The molecule has 128 valence electrons. The Morgan fingerprint density at radius 3 is 2.21 bits per heavy atom. The fourth-order valence-corrected chi connectivity index (χ4v) is 5.25. The molecule has 0 fully saturated rings. The highest BCUT2D eigenvalue weighted by atomic mass is 32.2. The number of fused-ring (bicyclic) bond motifs is 2. The third-order valence-electron chi connectivity index (χ3n) is 3.71. The van der Waals surface area contributed by atoms with Crippen LogP contribution in [0.2, 0.25) is 0 Å². The largest absolute Gasteiger partial charge is 0.417 e. The lowest BCUT2D eigenvalue weighted by atomic mass is 10.0. The first-order valence-corrected chi connectivity index (χ1v) is 9.55. The van der Waals surface area contributed by atoms with Crippen LogP contribution in [0.4, 0.5) is 13.2 Å². The Labute approximate surface area is 135 Å². The van der Waals surface area contributed by atoms with Gasteiger partial charge in [-0.1, -0.05) is 18.2 Å². The summed E-state index contributed by atoms with van der Waals surface area (Å²) < 4.78 is 87.8. The maximum absolute atomic E-state index is 13.2. The monoisotopic (exact) mass is 377 g/mol. The van der Waals surface area contributed by atoms with E-state index in [0.29, 0.717) is 17.7 Å². The van der Waals surface area contributed by atoms with Gasteiger partial charge in [0.1, 0.15) is 0 Å². The van der Waals surface area contributed by atoms with Crippen molar-refractivity contribution in [1.82, 2.24) is 0 Å². The maximum Gasteiger partial charge on any atom is 0.417 e. The number of alkyl halides is 3. The molecule has 0 saturated heterocycles. The first-order valence-electron chi connectivity index (χ1n) is 6.52. The summed E-state index contributed by atoms with van der Waals surface area (Å²) >= 11 is 0. The predicted molar refractivity (Wildman–Crippen MR) is 77.5 cm³/mol. The molecule has 0 saturated carbocycles. The Bertz CT molecular complexity index is 1060. The minimum atomic E-state index is -4.99. The van der Waals surface area contributed by atoms with Gasteiger partial charge in [0.2, 0.25) is 19.9 Å². The zero-order valence-electron chi connectivity index (χ0n) is 11.8. The highest BCUT2D eigenvalue weighted by Crippen LogP contribution is 2.41. The van der Waals surface area contributed by atoms with Gasteiger partial charge in [0.05, 0.1) is 20.2 Å². The molecular weight excluding hydrogens is 367 g/mol. The summed E-state index contributed by atoms with van der Waals surface area (Å²) in [7, 11) is -8.90. The van der Waals surface area contributed by atoms with E-state index < -0.39 is 41.4 Å². The smallest absolute Gasteiger partial charge is 0.225 e. The molecular formula is C14H10F3NO4S2. The summed E-state index contributed by atoms with van der Waals surface area (Å²) in [5.74, 6) is 0. The number of benzene rings is 2. The van der Waals surface area contributed by atoms with Gasteiger partial charge in [0, 0.05) is 6.42 Å². The molecule has 0 radical (unpaired) electrons. The minimum absolute atomic E-state index is 0.0568. The lowest BCUT2D eigenvalue weighted by molar-refractivity contribution is -0.140. The molecule has 0 unspecified atom stereocenters. The van der Waals surface area contributed by atoms with Gasteiger partial charge < -0.3 is 0 Å². The molecule has 1 aliphatic rings. The van der Waals surface area contributed by atoms with Crippen LogP contribution >= 0.6 is 0 Å². The Morgan fingerprint density at radius 1 is 1.00 bits per heavy atom. The predicted octanol–water partition coefficient (Wildman–Crippen LogP) is 2.09. The van der Waals surface area contributed by atoms with Crippen molar-refractivity contribution in [3.63, 3.8) is 0 Å². The number of hydrogen-bond donors (Lipinski definition) is 1. The van der Waals surface area contributed by atoms with Gasteiger partial charge in [0.25, 0.3) is 0 Å². The van der Waals surface area contributed by atoms with Gasteiger partial charge in [-0.2, -0.15) is 13.2 Å². The molecule has 10 heteroatoms. The molecule has 0 bridgehead atoms. The Morgan fingerprint density at radius 2 is 1.62 bits per heavy atom. The number of sulfone groups is 1.